The Labute approximate surface area is 214 Å². The summed E-state index contributed by atoms with van der Waals surface area (Å²) in [6.45, 7) is 1.43. The maximum Gasteiger partial charge on any atom is 0.337 e. The Hall–Kier alpha value is -2.84. The van der Waals surface area contributed by atoms with E-state index in [0.717, 1.165) is 35.9 Å². The average molecular weight is 546 g/mol. The molecule has 0 bridgehead atoms. The summed E-state index contributed by atoms with van der Waals surface area (Å²) in [5, 5.41) is 8.99. The molecule has 0 spiro atoms. The van der Waals surface area contributed by atoms with Crippen molar-refractivity contribution in [1.82, 2.24) is 15.2 Å². The number of hydrogen-bond donors (Lipinski definition) is 2. The minimum absolute atomic E-state index is 0.0724. The van der Waals surface area contributed by atoms with Gasteiger partial charge in [-0.25, -0.2) is 9.78 Å². The molecule has 2 amide bonds. The lowest BCUT2D eigenvalue weighted by atomic mass is 10.0. The summed E-state index contributed by atoms with van der Waals surface area (Å²) in [7, 11) is 1.27. The summed E-state index contributed by atoms with van der Waals surface area (Å²) in [5.41, 5.74) is 5.66. The van der Waals surface area contributed by atoms with E-state index < -0.39 is 48.0 Å². The number of nitrogens with two attached hydrogens (primary N) is 1. The molecule has 3 heterocycles. The quantitative estimate of drug-likeness (QED) is 0.104. The number of oxime groups is 1. The Morgan fingerprint density at radius 2 is 2.09 bits per heavy atom. The normalized spacial score (nSPS) is 21.4. The van der Waals surface area contributed by atoms with Crippen molar-refractivity contribution in [2.24, 2.45) is 5.16 Å². The number of nitrogens with zero attached hydrogens (tertiary/aromatic N) is 3. The second-order valence-corrected chi connectivity index (χ2v) is 9.69. The molecule has 1 saturated heterocycles. The predicted molar refractivity (Wildman–Crippen MR) is 129 cm³/mol. The minimum Gasteiger partial charge on any atom is -0.428 e. The third-order valence-electron chi connectivity index (χ3n) is 5.02. The molecule has 190 valence electrons. The van der Waals surface area contributed by atoms with E-state index >= 15 is 0 Å². The number of ether oxygens (including phenoxy) is 2. The first-order chi connectivity index (χ1) is 16.8. The van der Waals surface area contributed by atoms with Gasteiger partial charge in [-0.05, 0) is 11.8 Å². The number of fused-ring (bicyclic) bond motifs is 1. The average Bonchev–Trinajstić information content (AvgIpc) is 3.26. The van der Waals surface area contributed by atoms with Crippen molar-refractivity contribution in [3.63, 3.8) is 0 Å². The lowest BCUT2D eigenvalue weighted by Crippen LogP contribution is -2.74. The van der Waals surface area contributed by atoms with Gasteiger partial charge >= 0.3 is 11.9 Å². The number of unbranched alkanes of at least 4 members (excludes halogenated alkanes) is 2. The van der Waals surface area contributed by atoms with Gasteiger partial charge in [-0.1, -0.05) is 36.5 Å². The zero-order chi connectivity index (χ0) is 25.5. The number of anilines is 1. The number of carbonyl (C=O) groups is 4. The first-order valence-corrected chi connectivity index (χ1v) is 12.8. The van der Waals surface area contributed by atoms with E-state index in [9.17, 15) is 19.2 Å². The summed E-state index contributed by atoms with van der Waals surface area (Å²) in [6.07, 6.45) is 2.75. The van der Waals surface area contributed by atoms with Crippen LogP contribution in [0.1, 0.15) is 38.3 Å². The molecule has 0 saturated carbocycles. The Morgan fingerprint density at radius 1 is 1.31 bits per heavy atom. The SMILES string of the molecule is CCCCCC(=O)OCOC(=O)C1C(Cl)=CS[C@@H]2C(NC(=O)/C(=N\OC)c3csc(N)n3)C(=O)N12. The number of thioether (sulfide) groups is 1. The highest BCUT2D eigenvalue weighted by molar-refractivity contribution is 8.03. The smallest absolute Gasteiger partial charge is 0.337 e. The topological polar surface area (TPSA) is 163 Å². The van der Waals surface area contributed by atoms with Crippen molar-refractivity contribution in [2.75, 3.05) is 19.6 Å². The van der Waals surface area contributed by atoms with Crippen LogP contribution in [0.25, 0.3) is 0 Å². The van der Waals surface area contributed by atoms with Crippen LogP contribution in [0.5, 0.6) is 0 Å². The van der Waals surface area contributed by atoms with Crippen LogP contribution >= 0.6 is 34.7 Å². The third-order valence-corrected chi connectivity index (χ3v) is 7.30. The number of hydrogen-bond acceptors (Lipinski definition) is 12. The molecule has 3 N–H and O–H groups in total. The molecule has 35 heavy (non-hydrogen) atoms. The summed E-state index contributed by atoms with van der Waals surface area (Å²) in [4.78, 5) is 59.9. The van der Waals surface area contributed by atoms with Gasteiger partial charge in [0, 0.05) is 11.8 Å². The van der Waals surface area contributed by atoms with Gasteiger partial charge in [0.2, 0.25) is 12.7 Å². The molecular formula is C20H24ClN5O7S2. The van der Waals surface area contributed by atoms with Gasteiger partial charge in [0.25, 0.3) is 5.91 Å². The van der Waals surface area contributed by atoms with E-state index in [4.69, 9.17) is 31.6 Å². The number of esters is 2. The van der Waals surface area contributed by atoms with Crippen LogP contribution in [-0.4, -0.2) is 70.7 Å². The van der Waals surface area contributed by atoms with Gasteiger partial charge in [-0.15, -0.1) is 23.1 Å². The molecule has 2 unspecified atom stereocenters. The first kappa shape index (κ1) is 26.8. The van der Waals surface area contributed by atoms with Gasteiger partial charge in [0.15, 0.2) is 16.9 Å². The number of halogens is 1. The van der Waals surface area contributed by atoms with Crippen molar-refractivity contribution in [3.8, 4) is 0 Å². The van der Waals surface area contributed by atoms with Gasteiger partial charge in [-0.3, -0.25) is 14.4 Å². The summed E-state index contributed by atoms with van der Waals surface area (Å²) < 4.78 is 9.93. The molecule has 1 fully saturated rings. The van der Waals surface area contributed by atoms with Crippen molar-refractivity contribution < 1.29 is 33.5 Å². The number of nitrogens with one attached hydrogen (secondary N) is 1. The lowest BCUT2D eigenvalue weighted by molar-refractivity contribution is -0.175. The highest BCUT2D eigenvalue weighted by Crippen LogP contribution is 2.41. The number of aromatic nitrogens is 1. The molecule has 1 aromatic rings. The highest BCUT2D eigenvalue weighted by atomic mass is 35.5. The number of amides is 2. The number of nitrogen functional groups attached to an aromatic ring is 1. The molecule has 15 heteroatoms. The van der Waals surface area contributed by atoms with E-state index in [2.05, 4.69) is 15.5 Å². The molecule has 0 aromatic carbocycles. The maximum absolute atomic E-state index is 12.9. The van der Waals surface area contributed by atoms with E-state index in [1.165, 1.54) is 22.8 Å². The Balaban J connectivity index is 1.60. The van der Waals surface area contributed by atoms with Crippen LogP contribution in [0.2, 0.25) is 0 Å². The minimum atomic E-state index is -1.21. The van der Waals surface area contributed by atoms with Crippen LogP contribution in [-0.2, 0) is 33.5 Å². The van der Waals surface area contributed by atoms with Gasteiger partial charge in [0.05, 0.1) is 5.03 Å². The van der Waals surface area contributed by atoms with E-state index in [0.29, 0.717) is 6.42 Å². The molecule has 2 aliphatic rings. The van der Waals surface area contributed by atoms with Crippen LogP contribution in [0, 0.1) is 0 Å². The predicted octanol–water partition coefficient (Wildman–Crippen LogP) is 1.55. The summed E-state index contributed by atoms with van der Waals surface area (Å²) >= 11 is 8.46. The lowest BCUT2D eigenvalue weighted by Gasteiger charge is -2.50. The first-order valence-electron chi connectivity index (χ1n) is 10.6. The second kappa shape index (κ2) is 12.2. The van der Waals surface area contributed by atoms with Crippen LogP contribution in [0.4, 0.5) is 5.13 Å². The second-order valence-electron chi connectivity index (χ2n) is 7.38. The molecule has 12 nitrogen and oxygen atoms in total. The highest BCUT2D eigenvalue weighted by Gasteiger charge is 2.56. The number of carbonyl (C=O) groups excluding carboxylic acids is 4. The zero-order valence-corrected chi connectivity index (χ0v) is 21.3. The van der Waals surface area contributed by atoms with Gasteiger partial charge < -0.3 is 30.3 Å². The largest absolute Gasteiger partial charge is 0.428 e. The molecule has 0 aliphatic carbocycles. The Kier molecular flexibility index (Phi) is 9.34. The van der Waals surface area contributed by atoms with Gasteiger partial charge in [0.1, 0.15) is 24.2 Å². The molecule has 0 radical (unpaired) electrons. The summed E-state index contributed by atoms with van der Waals surface area (Å²) in [6, 6.07) is -2.17. The monoisotopic (exact) mass is 545 g/mol. The number of thiazole rings is 1. The number of β-lactam (4-membered cyclic amide) rings is 1. The molecule has 3 atom stereocenters. The van der Waals surface area contributed by atoms with Crippen molar-refractivity contribution in [1.29, 1.82) is 0 Å². The fourth-order valence-electron chi connectivity index (χ4n) is 3.32. The maximum atomic E-state index is 12.9. The molecule has 3 rings (SSSR count). The van der Waals surface area contributed by atoms with Crippen molar-refractivity contribution >= 4 is 69.3 Å². The molecule has 1 aromatic heterocycles. The fraction of sp³-hybridized carbons (Fsp3) is 0.500. The van der Waals surface area contributed by atoms with E-state index in [-0.39, 0.29) is 28.0 Å². The van der Waals surface area contributed by atoms with Crippen LogP contribution in [0.15, 0.2) is 21.0 Å². The van der Waals surface area contributed by atoms with Crippen LogP contribution < -0.4 is 11.1 Å². The van der Waals surface area contributed by atoms with E-state index in [1.807, 2.05) is 6.92 Å². The van der Waals surface area contributed by atoms with Crippen molar-refractivity contribution in [3.05, 3.63) is 21.5 Å². The fourth-order valence-corrected chi connectivity index (χ4v) is 5.31. The third kappa shape index (κ3) is 6.24. The molecular weight excluding hydrogens is 522 g/mol. The Bertz CT molecular complexity index is 1050. The van der Waals surface area contributed by atoms with Crippen LogP contribution in [0.3, 0.4) is 0 Å². The summed E-state index contributed by atoms with van der Waals surface area (Å²) in [5.74, 6) is -2.58. The van der Waals surface area contributed by atoms with Crippen molar-refractivity contribution in [2.45, 2.75) is 50.1 Å². The van der Waals surface area contributed by atoms with E-state index in [1.54, 1.807) is 0 Å². The van der Waals surface area contributed by atoms with Gasteiger partial charge in [-0.2, -0.15) is 0 Å². The molecule has 2 aliphatic heterocycles. The standard InChI is InChI=1S/C20H24ClN5O7S2/c1-3-4-5-6-12(27)32-9-33-19(30)15-10(21)7-34-18-14(17(29)26(15)18)24-16(28)13(25-31-2)11-8-35-20(22)23-11/h7-8,14-15,18H,3-6,9H2,1-2H3,(H2,22,23)(H,24,28)/b25-13-/t14?,15?,18-/m1/s1. The Morgan fingerprint density at radius 3 is 2.74 bits per heavy atom. The number of rotatable bonds is 11. The zero-order valence-electron chi connectivity index (χ0n) is 18.9.